The van der Waals surface area contributed by atoms with Gasteiger partial charge in [-0.05, 0) is 19.8 Å². The topological polar surface area (TPSA) is 74.7 Å². The van der Waals surface area contributed by atoms with Crippen molar-refractivity contribution in [2.24, 2.45) is 5.41 Å². The number of carboxylic acids is 1. The summed E-state index contributed by atoms with van der Waals surface area (Å²) in [7, 11) is 0. The van der Waals surface area contributed by atoms with E-state index in [9.17, 15) is 19.5 Å². The molecule has 5 nitrogen and oxygen atoms in total. The lowest BCUT2D eigenvalue weighted by Gasteiger charge is -2.31. The van der Waals surface area contributed by atoms with Gasteiger partial charge in [0.05, 0.1) is 5.41 Å². The van der Waals surface area contributed by atoms with Gasteiger partial charge in [0.2, 0.25) is 0 Å². The van der Waals surface area contributed by atoms with E-state index >= 15 is 0 Å². The molecule has 0 aromatic heterocycles. The average molecular weight is 265 g/mol. The van der Waals surface area contributed by atoms with Gasteiger partial charge in [0.25, 0.3) is 11.8 Å². The molecule has 0 radical (unpaired) electrons. The summed E-state index contributed by atoms with van der Waals surface area (Å²) in [5.74, 6) is -1.62. The molecule has 1 N–H and O–H groups in total. The Morgan fingerprint density at radius 2 is 1.84 bits per heavy atom. The van der Waals surface area contributed by atoms with E-state index in [0.717, 1.165) is 30.6 Å². The maximum Gasteiger partial charge on any atom is 0.311 e. The number of carboxylic acid groups (broad SMARTS) is 1. The Kier molecular flexibility index (Phi) is 3.73. The first-order chi connectivity index (χ1) is 8.96. The summed E-state index contributed by atoms with van der Waals surface area (Å²) < 4.78 is 0. The molecule has 0 saturated heterocycles. The van der Waals surface area contributed by atoms with Crippen molar-refractivity contribution in [3.8, 4) is 0 Å². The van der Waals surface area contributed by atoms with Gasteiger partial charge in [-0.2, -0.15) is 0 Å². The molecule has 5 heteroatoms. The number of hydrogen-bond donors (Lipinski definition) is 1. The lowest BCUT2D eigenvalue weighted by molar-refractivity contribution is -0.153. The normalized spacial score (nSPS) is 23.2. The second-order valence-electron chi connectivity index (χ2n) is 5.56. The molecule has 1 saturated carbocycles. The monoisotopic (exact) mass is 265 g/mol. The van der Waals surface area contributed by atoms with E-state index in [4.69, 9.17) is 0 Å². The van der Waals surface area contributed by atoms with E-state index in [1.807, 2.05) is 0 Å². The summed E-state index contributed by atoms with van der Waals surface area (Å²) in [5.41, 5.74) is -0.570. The number of carbonyl (C=O) groups is 3. The van der Waals surface area contributed by atoms with E-state index in [1.54, 1.807) is 6.92 Å². The van der Waals surface area contributed by atoms with Gasteiger partial charge in [-0.15, -0.1) is 0 Å². The second kappa shape index (κ2) is 5.15. The fourth-order valence-electron chi connectivity index (χ4n) is 2.94. The highest BCUT2D eigenvalue weighted by molar-refractivity contribution is 6.16. The molecule has 2 rings (SSSR count). The zero-order valence-corrected chi connectivity index (χ0v) is 11.1. The summed E-state index contributed by atoms with van der Waals surface area (Å²) in [6, 6.07) is 0. The summed E-state index contributed by atoms with van der Waals surface area (Å²) >= 11 is 0. The smallest absolute Gasteiger partial charge is 0.311 e. The van der Waals surface area contributed by atoms with Crippen LogP contribution in [0.4, 0.5) is 0 Å². The van der Waals surface area contributed by atoms with E-state index in [2.05, 4.69) is 0 Å². The molecule has 0 spiro atoms. The Morgan fingerprint density at radius 3 is 2.26 bits per heavy atom. The zero-order valence-electron chi connectivity index (χ0n) is 11.1. The van der Waals surface area contributed by atoms with Gasteiger partial charge < -0.3 is 5.11 Å². The predicted molar refractivity (Wildman–Crippen MR) is 68.2 cm³/mol. The van der Waals surface area contributed by atoms with Crippen molar-refractivity contribution in [2.45, 2.75) is 45.4 Å². The summed E-state index contributed by atoms with van der Waals surface area (Å²) in [5, 5.41) is 9.55. The lowest BCUT2D eigenvalue weighted by Crippen LogP contribution is -2.45. The first-order valence-electron chi connectivity index (χ1n) is 6.74. The van der Waals surface area contributed by atoms with Crippen molar-refractivity contribution in [1.82, 2.24) is 4.90 Å². The van der Waals surface area contributed by atoms with Crippen LogP contribution in [0.3, 0.4) is 0 Å². The number of carbonyl (C=O) groups excluding carboxylic acids is 2. The highest BCUT2D eigenvalue weighted by atomic mass is 16.4. The van der Waals surface area contributed by atoms with Gasteiger partial charge in [0, 0.05) is 18.2 Å². The lowest BCUT2D eigenvalue weighted by atomic mass is 9.80. The van der Waals surface area contributed by atoms with Crippen molar-refractivity contribution in [3.05, 3.63) is 11.6 Å². The summed E-state index contributed by atoms with van der Waals surface area (Å²) in [4.78, 5) is 36.4. The summed E-state index contributed by atoms with van der Waals surface area (Å²) in [6.07, 6.45) is 6.09. The standard InChI is InChI=1S/C14H19NO4/c1-10-8-11(16)15(12(10)17)9-14(13(18)19)6-4-2-3-5-7-14/h8H,2-7,9H2,1H3,(H,18,19). The van der Waals surface area contributed by atoms with Crippen molar-refractivity contribution < 1.29 is 19.5 Å². The fourth-order valence-corrected chi connectivity index (χ4v) is 2.94. The molecule has 0 aromatic rings. The molecule has 104 valence electrons. The third-order valence-electron chi connectivity index (χ3n) is 4.16. The highest BCUT2D eigenvalue weighted by Gasteiger charge is 2.43. The number of hydrogen-bond acceptors (Lipinski definition) is 3. The van der Waals surface area contributed by atoms with Gasteiger partial charge in [-0.3, -0.25) is 19.3 Å². The first-order valence-corrected chi connectivity index (χ1v) is 6.74. The molecule has 19 heavy (non-hydrogen) atoms. The Bertz CT molecular complexity index is 444. The van der Waals surface area contributed by atoms with E-state index in [0.29, 0.717) is 18.4 Å². The van der Waals surface area contributed by atoms with Crippen LogP contribution in [0.1, 0.15) is 45.4 Å². The molecule has 0 aromatic carbocycles. The van der Waals surface area contributed by atoms with Gasteiger partial charge in [-0.25, -0.2) is 0 Å². The van der Waals surface area contributed by atoms with Gasteiger partial charge >= 0.3 is 5.97 Å². The van der Waals surface area contributed by atoms with Crippen LogP contribution in [-0.4, -0.2) is 34.3 Å². The number of aliphatic carboxylic acids is 1. The van der Waals surface area contributed by atoms with Crippen LogP contribution in [0.2, 0.25) is 0 Å². The molecule has 0 unspecified atom stereocenters. The van der Waals surface area contributed by atoms with E-state index in [1.165, 1.54) is 6.08 Å². The van der Waals surface area contributed by atoms with Crippen LogP contribution in [0.5, 0.6) is 0 Å². The minimum atomic E-state index is -0.958. The molecule has 2 aliphatic rings. The van der Waals surface area contributed by atoms with Crippen molar-refractivity contribution >= 4 is 17.8 Å². The van der Waals surface area contributed by atoms with Crippen molar-refractivity contribution in [3.63, 3.8) is 0 Å². The van der Waals surface area contributed by atoms with Gasteiger partial charge in [0.1, 0.15) is 0 Å². The van der Waals surface area contributed by atoms with Gasteiger partial charge in [-0.1, -0.05) is 25.7 Å². The van der Waals surface area contributed by atoms with Crippen LogP contribution >= 0.6 is 0 Å². The van der Waals surface area contributed by atoms with Crippen LogP contribution < -0.4 is 0 Å². The molecule has 1 fully saturated rings. The van der Waals surface area contributed by atoms with Crippen molar-refractivity contribution in [2.75, 3.05) is 6.54 Å². The largest absolute Gasteiger partial charge is 0.481 e. The Hall–Kier alpha value is -1.65. The minimum absolute atomic E-state index is 0.00778. The van der Waals surface area contributed by atoms with Gasteiger partial charge in [0.15, 0.2) is 0 Å². The molecule has 1 aliphatic carbocycles. The third-order valence-corrected chi connectivity index (χ3v) is 4.16. The first kappa shape index (κ1) is 13.8. The molecular weight excluding hydrogens is 246 g/mol. The van der Waals surface area contributed by atoms with Crippen LogP contribution in [-0.2, 0) is 14.4 Å². The molecule has 0 atom stereocenters. The molecule has 1 heterocycles. The van der Waals surface area contributed by atoms with Crippen LogP contribution in [0, 0.1) is 5.41 Å². The SMILES string of the molecule is CC1=CC(=O)N(CC2(C(=O)O)CCCCCC2)C1=O. The maximum atomic E-state index is 11.9. The second-order valence-corrected chi connectivity index (χ2v) is 5.56. The quantitative estimate of drug-likeness (QED) is 0.623. The van der Waals surface area contributed by atoms with E-state index < -0.39 is 11.4 Å². The Balaban J connectivity index is 2.20. The highest BCUT2D eigenvalue weighted by Crippen LogP contribution is 2.37. The predicted octanol–water partition coefficient (Wildman–Crippen LogP) is 1.73. The molecule has 2 amide bonds. The van der Waals surface area contributed by atoms with Crippen LogP contribution in [0.15, 0.2) is 11.6 Å². The number of rotatable bonds is 3. The minimum Gasteiger partial charge on any atom is -0.481 e. The maximum absolute atomic E-state index is 11.9. The number of nitrogens with zero attached hydrogens (tertiary/aromatic N) is 1. The Labute approximate surface area is 112 Å². The summed E-state index contributed by atoms with van der Waals surface area (Å²) in [6.45, 7) is 1.59. The fraction of sp³-hybridized carbons (Fsp3) is 0.643. The van der Waals surface area contributed by atoms with E-state index in [-0.39, 0.29) is 18.4 Å². The third kappa shape index (κ3) is 2.55. The molecule has 0 bridgehead atoms. The molecular formula is C14H19NO4. The average Bonchev–Trinajstić information content (AvgIpc) is 2.58. The number of amides is 2. The van der Waals surface area contributed by atoms with Crippen molar-refractivity contribution in [1.29, 1.82) is 0 Å². The van der Waals surface area contributed by atoms with Crippen LogP contribution in [0.25, 0.3) is 0 Å². The number of imide groups is 1. The Morgan fingerprint density at radius 1 is 1.26 bits per heavy atom. The zero-order chi connectivity index (χ0) is 14.0. The molecule has 1 aliphatic heterocycles.